The highest BCUT2D eigenvalue weighted by molar-refractivity contribution is 7.99. The van der Waals surface area contributed by atoms with Gasteiger partial charge in [0.25, 0.3) is 0 Å². The monoisotopic (exact) mass is 266 g/mol. The Hall–Kier alpha value is -0.760. The van der Waals surface area contributed by atoms with E-state index in [1.54, 1.807) is 0 Å². The van der Waals surface area contributed by atoms with Crippen LogP contribution in [-0.4, -0.2) is 37.8 Å². The minimum Gasteiger partial charge on any atom is -0.479 e. The molecular formula is C8H14N2O4S2. The minimum atomic E-state index is -1.67. The lowest BCUT2D eigenvalue weighted by molar-refractivity contribution is -0.144. The molecule has 0 aromatic heterocycles. The van der Waals surface area contributed by atoms with Crippen molar-refractivity contribution < 1.29 is 19.8 Å². The molecule has 0 bridgehead atoms. The Morgan fingerprint density at radius 3 is 1.75 bits per heavy atom. The Balaban J connectivity index is 5.13. The van der Waals surface area contributed by atoms with Crippen molar-refractivity contribution in [2.45, 2.75) is 36.4 Å². The maximum atomic E-state index is 11.0. The fraction of sp³-hybridized carbons (Fsp3) is 0.750. The van der Waals surface area contributed by atoms with Gasteiger partial charge in [-0.15, -0.1) is 0 Å². The summed E-state index contributed by atoms with van der Waals surface area (Å²) < 4.78 is -0.890. The van der Waals surface area contributed by atoms with Gasteiger partial charge in [0.1, 0.15) is 0 Å². The van der Waals surface area contributed by atoms with E-state index in [1.165, 1.54) is 20.8 Å². The Labute approximate surface area is 104 Å². The second-order valence-electron chi connectivity index (χ2n) is 3.89. The van der Waals surface area contributed by atoms with Gasteiger partial charge in [-0.1, -0.05) is 0 Å². The number of carboxylic acid groups (broad SMARTS) is 2. The van der Waals surface area contributed by atoms with Crippen LogP contribution in [0.3, 0.4) is 0 Å². The molecule has 0 heterocycles. The summed E-state index contributed by atoms with van der Waals surface area (Å²) in [6.45, 7) is 3.89. The second kappa shape index (κ2) is 5.05. The average molecular weight is 266 g/mol. The van der Waals surface area contributed by atoms with Crippen LogP contribution in [0.2, 0.25) is 0 Å². The second-order valence-corrected chi connectivity index (χ2v) is 5.33. The molecule has 6 nitrogen and oxygen atoms in total. The topological polar surface area (TPSA) is 99.3 Å². The van der Waals surface area contributed by atoms with E-state index in [0.29, 0.717) is 0 Å². The molecule has 0 saturated carbocycles. The Bertz CT molecular complexity index is 330. The maximum Gasteiger partial charge on any atom is 0.335 e. The fourth-order valence-electron chi connectivity index (χ4n) is 0.476. The number of carbonyl (C=O) groups is 2. The molecule has 0 saturated heterocycles. The van der Waals surface area contributed by atoms with Crippen molar-refractivity contribution in [3.63, 3.8) is 0 Å². The lowest BCUT2D eigenvalue weighted by Gasteiger charge is -2.23. The van der Waals surface area contributed by atoms with Crippen LogP contribution in [0.5, 0.6) is 0 Å². The molecule has 0 fully saturated rings. The largest absolute Gasteiger partial charge is 0.479 e. The van der Waals surface area contributed by atoms with Gasteiger partial charge in [0, 0.05) is 0 Å². The molecule has 0 aromatic rings. The molecule has 2 N–H and O–H groups in total. The molecule has 16 heavy (non-hydrogen) atoms. The summed E-state index contributed by atoms with van der Waals surface area (Å²) in [7, 11) is 0. The third-order valence-corrected chi connectivity index (χ3v) is 2.97. The lowest BCUT2D eigenvalue weighted by atomic mass is 10.1. The first-order chi connectivity index (χ1) is 7.04. The molecule has 92 valence electrons. The van der Waals surface area contributed by atoms with Crippen molar-refractivity contribution in [3.8, 4) is 0 Å². The van der Waals surface area contributed by atoms with Crippen molar-refractivity contribution in [1.82, 2.24) is 0 Å². The van der Waals surface area contributed by atoms with E-state index in [4.69, 9.17) is 10.2 Å². The minimum absolute atomic E-state index is 0.890. The van der Waals surface area contributed by atoms with Crippen molar-refractivity contribution in [3.05, 3.63) is 0 Å². The molecule has 0 spiro atoms. The van der Waals surface area contributed by atoms with Crippen LogP contribution in [0, 0.1) is 0 Å². The molecular weight excluding hydrogens is 252 g/mol. The first-order valence-electron chi connectivity index (χ1n) is 4.31. The zero-order chi connectivity index (χ0) is 13.1. The average Bonchev–Trinajstić information content (AvgIpc) is 2.13. The number of rotatable bonds is 5. The number of nitrogens with zero attached hydrogens (tertiary/aromatic N) is 2. The number of aliphatic carboxylic acids is 2. The summed E-state index contributed by atoms with van der Waals surface area (Å²) in [5, 5.41) is 24.8. The van der Waals surface area contributed by atoms with Gasteiger partial charge >= 0.3 is 11.9 Å². The smallest absolute Gasteiger partial charge is 0.335 e. The molecule has 0 amide bonds. The van der Waals surface area contributed by atoms with E-state index in [9.17, 15) is 9.59 Å². The predicted molar refractivity (Wildman–Crippen MR) is 64.4 cm³/mol. The van der Waals surface area contributed by atoms with E-state index in [-0.39, 0.29) is 0 Å². The van der Waals surface area contributed by atoms with Gasteiger partial charge in [-0.3, -0.25) is 0 Å². The fourth-order valence-corrected chi connectivity index (χ4v) is 0.801. The van der Waals surface area contributed by atoms with Crippen LogP contribution < -0.4 is 0 Å². The molecule has 0 aliphatic rings. The predicted octanol–water partition coefficient (Wildman–Crippen LogP) is 1.33. The quantitative estimate of drug-likeness (QED) is 0.343. The van der Waals surface area contributed by atoms with E-state index in [1.807, 2.05) is 0 Å². The Kier molecular flexibility index (Phi) is 4.81. The van der Waals surface area contributed by atoms with Gasteiger partial charge in [0.05, 0.1) is 4.58 Å². The molecule has 0 aliphatic heterocycles. The number of hydrogen-bond acceptors (Lipinski definition) is 6. The molecule has 1 atom stereocenters. The van der Waals surface area contributed by atoms with E-state index >= 15 is 0 Å². The molecule has 0 rings (SSSR count). The van der Waals surface area contributed by atoms with Crippen LogP contribution in [-0.2, 0) is 9.59 Å². The standard InChI is InChI=1S/C8H14N2O4S2/c1-7(2,4(11)12)9-10-8(3,5(13)14)6(15)16/h6,15-16H,1-3H3,(H,11,12)(H,13,14). The van der Waals surface area contributed by atoms with Crippen LogP contribution >= 0.6 is 25.3 Å². The zero-order valence-corrected chi connectivity index (χ0v) is 10.9. The third-order valence-electron chi connectivity index (χ3n) is 1.97. The van der Waals surface area contributed by atoms with Crippen molar-refractivity contribution in [2.75, 3.05) is 0 Å². The van der Waals surface area contributed by atoms with Crippen molar-refractivity contribution >= 4 is 37.2 Å². The Morgan fingerprint density at radius 2 is 1.50 bits per heavy atom. The molecule has 0 radical (unpaired) electrons. The maximum absolute atomic E-state index is 11.0. The van der Waals surface area contributed by atoms with E-state index in [2.05, 4.69) is 35.5 Å². The Morgan fingerprint density at radius 1 is 1.06 bits per heavy atom. The van der Waals surface area contributed by atoms with Crippen LogP contribution in [0.15, 0.2) is 10.2 Å². The summed E-state index contributed by atoms with van der Waals surface area (Å²) >= 11 is 7.76. The highest BCUT2D eigenvalue weighted by atomic mass is 32.2. The molecule has 0 aromatic carbocycles. The molecule has 1 unspecified atom stereocenters. The van der Waals surface area contributed by atoms with Crippen LogP contribution in [0.4, 0.5) is 0 Å². The normalized spacial score (nSPS) is 16.4. The summed E-state index contributed by atoms with van der Waals surface area (Å²) in [5.41, 5.74) is -3.15. The number of carboxylic acids is 2. The highest BCUT2D eigenvalue weighted by Crippen LogP contribution is 2.26. The summed E-state index contributed by atoms with van der Waals surface area (Å²) in [6.07, 6.45) is 0. The van der Waals surface area contributed by atoms with Gasteiger partial charge in [0.15, 0.2) is 11.1 Å². The zero-order valence-electron chi connectivity index (χ0n) is 9.08. The SMILES string of the molecule is CC(C)(N=NC(C)(C(=O)O)C(S)S)C(=O)O. The van der Waals surface area contributed by atoms with Gasteiger partial charge < -0.3 is 10.2 Å². The molecule has 8 heteroatoms. The van der Waals surface area contributed by atoms with Crippen molar-refractivity contribution in [1.29, 1.82) is 0 Å². The van der Waals surface area contributed by atoms with E-state index < -0.39 is 27.6 Å². The summed E-state index contributed by atoms with van der Waals surface area (Å²) in [4.78, 5) is 21.7. The van der Waals surface area contributed by atoms with Crippen LogP contribution in [0.25, 0.3) is 0 Å². The first kappa shape index (κ1) is 15.2. The van der Waals surface area contributed by atoms with Crippen LogP contribution in [0.1, 0.15) is 20.8 Å². The number of hydrogen-bond donors (Lipinski definition) is 4. The first-order valence-corrected chi connectivity index (χ1v) is 5.34. The summed E-state index contributed by atoms with van der Waals surface area (Å²) in [5.74, 6) is -2.47. The number of azo groups is 1. The van der Waals surface area contributed by atoms with Gasteiger partial charge in [0.2, 0.25) is 0 Å². The molecule has 0 aliphatic carbocycles. The lowest BCUT2D eigenvalue weighted by Crippen LogP contribution is -2.40. The van der Waals surface area contributed by atoms with Crippen molar-refractivity contribution in [2.24, 2.45) is 10.2 Å². The van der Waals surface area contributed by atoms with Gasteiger partial charge in [-0.2, -0.15) is 35.5 Å². The highest BCUT2D eigenvalue weighted by Gasteiger charge is 2.40. The number of thiol groups is 2. The summed E-state index contributed by atoms with van der Waals surface area (Å²) in [6, 6.07) is 0. The van der Waals surface area contributed by atoms with Gasteiger partial charge in [-0.05, 0) is 20.8 Å². The van der Waals surface area contributed by atoms with E-state index in [0.717, 1.165) is 0 Å². The third kappa shape index (κ3) is 3.38. The van der Waals surface area contributed by atoms with Gasteiger partial charge in [-0.25, -0.2) is 9.59 Å².